The summed E-state index contributed by atoms with van der Waals surface area (Å²) < 4.78 is 0. The van der Waals surface area contributed by atoms with Gasteiger partial charge in [0.25, 0.3) is 0 Å². The molecule has 0 aromatic carbocycles. The molecule has 0 bridgehead atoms. The van der Waals surface area contributed by atoms with Gasteiger partial charge in [-0.15, -0.1) is 0 Å². The summed E-state index contributed by atoms with van der Waals surface area (Å²) in [6, 6.07) is 0. The van der Waals surface area contributed by atoms with E-state index in [1.165, 1.54) is 57.8 Å². The van der Waals surface area contributed by atoms with Crippen LogP contribution in [0.5, 0.6) is 0 Å². The summed E-state index contributed by atoms with van der Waals surface area (Å²) >= 11 is 0. The first-order valence-electron chi connectivity index (χ1n) is 11.7. The lowest BCUT2D eigenvalue weighted by molar-refractivity contribution is -0.155. The minimum Gasteiger partial charge on any atom is -0.481 e. The third-order valence-electron chi connectivity index (χ3n) is 10.2. The molecule has 0 aromatic rings. The summed E-state index contributed by atoms with van der Waals surface area (Å²) in [5.74, 6) is 0.332. The van der Waals surface area contributed by atoms with E-state index in [1.807, 2.05) is 0 Å². The number of fused-ring (bicyclic) bond motifs is 5. The summed E-state index contributed by atoms with van der Waals surface area (Å²) in [5.41, 5.74) is 0.846. The minimum absolute atomic E-state index is 0.283. The van der Waals surface area contributed by atoms with E-state index < -0.39 is 17.9 Å². The molecule has 4 heteroatoms. The van der Waals surface area contributed by atoms with Crippen LogP contribution in [0, 0.1) is 46.3 Å². The fourth-order valence-corrected chi connectivity index (χ4v) is 8.60. The van der Waals surface area contributed by atoms with E-state index in [-0.39, 0.29) is 6.42 Å². The van der Waals surface area contributed by atoms with E-state index in [4.69, 9.17) is 0 Å². The van der Waals surface area contributed by atoms with Crippen LogP contribution in [-0.2, 0) is 9.59 Å². The second-order valence-electron chi connectivity index (χ2n) is 11.0. The molecule has 158 valence electrons. The predicted octanol–water partition coefficient (Wildman–Crippen LogP) is 5.60. The summed E-state index contributed by atoms with van der Waals surface area (Å²) in [6.07, 6.45) is 14.6. The first kappa shape index (κ1) is 20.2. The van der Waals surface area contributed by atoms with Crippen molar-refractivity contribution in [1.82, 2.24) is 0 Å². The van der Waals surface area contributed by atoms with Gasteiger partial charge in [0.2, 0.25) is 0 Å². The zero-order valence-electron chi connectivity index (χ0n) is 17.7. The highest BCUT2D eigenvalue weighted by molar-refractivity contribution is 5.92. The van der Waals surface area contributed by atoms with Crippen molar-refractivity contribution in [3.05, 3.63) is 0 Å². The molecule has 4 fully saturated rings. The Kier molecular flexibility index (Phi) is 5.29. The van der Waals surface area contributed by atoms with E-state index in [9.17, 15) is 19.8 Å². The Bertz CT molecular complexity index is 616. The van der Waals surface area contributed by atoms with Gasteiger partial charge in [-0.05, 0) is 105 Å². The fraction of sp³-hybridized carbons (Fsp3) is 0.917. The summed E-state index contributed by atoms with van der Waals surface area (Å²) in [6.45, 7) is 5.06. The summed E-state index contributed by atoms with van der Waals surface area (Å²) in [5, 5.41) is 18.5. The average molecular weight is 391 g/mol. The topological polar surface area (TPSA) is 74.6 Å². The van der Waals surface area contributed by atoms with Gasteiger partial charge in [0, 0.05) is 0 Å². The van der Waals surface area contributed by atoms with E-state index in [2.05, 4.69) is 13.8 Å². The molecule has 2 N–H and O–H groups in total. The zero-order valence-corrected chi connectivity index (χ0v) is 17.7. The lowest BCUT2D eigenvalue weighted by Crippen LogP contribution is -2.52. The largest absolute Gasteiger partial charge is 0.481 e. The molecule has 0 heterocycles. The standard InChI is InChI=1S/C24H38O4/c1-23-13-4-3-5-15(23)6-9-17-19-11-8-16(24(19,2)14-12-20(17)23)7-10-18(21(25)26)22(27)28/h15-20H,3-14H2,1-2H3,(H,25,26)(H,27,28)/t15-,16-,17?,19?,20?,23-,24?/m0/s1. The molecular formula is C24H38O4. The van der Waals surface area contributed by atoms with Crippen LogP contribution in [0.2, 0.25) is 0 Å². The number of hydrogen-bond acceptors (Lipinski definition) is 2. The molecule has 4 unspecified atom stereocenters. The van der Waals surface area contributed by atoms with Gasteiger partial charge < -0.3 is 10.2 Å². The van der Waals surface area contributed by atoms with Crippen LogP contribution in [-0.4, -0.2) is 22.2 Å². The van der Waals surface area contributed by atoms with Crippen LogP contribution in [0.25, 0.3) is 0 Å². The van der Waals surface area contributed by atoms with Crippen LogP contribution in [0.15, 0.2) is 0 Å². The Hall–Kier alpha value is -1.06. The molecule has 7 atom stereocenters. The first-order chi connectivity index (χ1) is 13.3. The Balaban J connectivity index is 1.48. The number of carboxylic acids is 2. The van der Waals surface area contributed by atoms with Gasteiger partial charge in [-0.3, -0.25) is 9.59 Å². The lowest BCUT2D eigenvalue weighted by atomic mass is 9.45. The molecule has 0 spiro atoms. The Morgan fingerprint density at radius 3 is 2.29 bits per heavy atom. The number of carboxylic acid groups (broad SMARTS) is 2. The molecule has 4 aliphatic carbocycles. The van der Waals surface area contributed by atoms with Crippen molar-refractivity contribution in [1.29, 1.82) is 0 Å². The SMILES string of the molecule is CC12CCC3C(CC[C@@H]4CCCC[C@]34C)C1CC[C@@H]2CCC(C(=O)O)C(=O)O. The van der Waals surface area contributed by atoms with Crippen LogP contribution in [0.3, 0.4) is 0 Å². The van der Waals surface area contributed by atoms with Gasteiger partial charge in [-0.2, -0.15) is 0 Å². The minimum atomic E-state index is -1.24. The number of aliphatic carboxylic acids is 2. The van der Waals surface area contributed by atoms with Crippen LogP contribution in [0.4, 0.5) is 0 Å². The molecule has 0 radical (unpaired) electrons. The molecule has 4 nitrogen and oxygen atoms in total. The second-order valence-corrected chi connectivity index (χ2v) is 11.0. The smallest absolute Gasteiger partial charge is 0.317 e. The molecule has 0 aromatic heterocycles. The fourth-order valence-electron chi connectivity index (χ4n) is 8.60. The molecule has 4 saturated carbocycles. The molecule has 0 aliphatic heterocycles. The van der Waals surface area contributed by atoms with Crippen molar-refractivity contribution in [2.75, 3.05) is 0 Å². The monoisotopic (exact) mass is 390 g/mol. The molecule has 0 amide bonds. The van der Waals surface area contributed by atoms with Gasteiger partial charge in [0.1, 0.15) is 0 Å². The first-order valence-corrected chi connectivity index (χ1v) is 11.7. The third-order valence-corrected chi connectivity index (χ3v) is 10.2. The van der Waals surface area contributed by atoms with E-state index in [1.54, 1.807) is 0 Å². The highest BCUT2D eigenvalue weighted by atomic mass is 16.4. The van der Waals surface area contributed by atoms with Crippen molar-refractivity contribution >= 4 is 11.9 Å². The molecule has 4 rings (SSSR count). The summed E-state index contributed by atoms with van der Waals surface area (Å²) in [4.78, 5) is 22.6. The Morgan fingerprint density at radius 2 is 1.57 bits per heavy atom. The lowest BCUT2D eigenvalue weighted by Gasteiger charge is -2.60. The Labute approximate surface area is 169 Å². The highest BCUT2D eigenvalue weighted by Gasteiger charge is 2.59. The molecular weight excluding hydrogens is 352 g/mol. The van der Waals surface area contributed by atoms with Crippen molar-refractivity contribution in [3.8, 4) is 0 Å². The van der Waals surface area contributed by atoms with Gasteiger partial charge in [-0.25, -0.2) is 0 Å². The van der Waals surface area contributed by atoms with Crippen molar-refractivity contribution in [3.63, 3.8) is 0 Å². The van der Waals surface area contributed by atoms with E-state index >= 15 is 0 Å². The molecule has 4 aliphatic rings. The maximum absolute atomic E-state index is 11.3. The number of hydrogen-bond donors (Lipinski definition) is 2. The number of carbonyl (C=O) groups is 2. The van der Waals surface area contributed by atoms with Crippen molar-refractivity contribution in [2.45, 2.75) is 90.9 Å². The van der Waals surface area contributed by atoms with Gasteiger partial charge >= 0.3 is 11.9 Å². The third kappa shape index (κ3) is 3.10. The van der Waals surface area contributed by atoms with Crippen LogP contribution >= 0.6 is 0 Å². The maximum atomic E-state index is 11.3. The van der Waals surface area contributed by atoms with Gasteiger partial charge in [0.05, 0.1) is 0 Å². The van der Waals surface area contributed by atoms with E-state index in [0.29, 0.717) is 16.7 Å². The predicted molar refractivity (Wildman–Crippen MR) is 108 cm³/mol. The highest BCUT2D eigenvalue weighted by Crippen LogP contribution is 2.67. The maximum Gasteiger partial charge on any atom is 0.317 e. The zero-order chi connectivity index (χ0) is 20.1. The van der Waals surface area contributed by atoms with Gasteiger partial charge in [-0.1, -0.05) is 26.7 Å². The molecule has 0 saturated heterocycles. The van der Waals surface area contributed by atoms with Crippen LogP contribution < -0.4 is 0 Å². The van der Waals surface area contributed by atoms with E-state index in [0.717, 1.165) is 36.5 Å². The van der Waals surface area contributed by atoms with Crippen molar-refractivity contribution < 1.29 is 19.8 Å². The second kappa shape index (κ2) is 7.32. The van der Waals surface area contributed by atoms with Gasteiger partial charge in [0.15, 0.2) is 5.92 Å². The molecule has 28 heavy (non-hydrogen) atoms. The van der Waals surface area contributed by atoms with Crippen LogP contribution in [0.1, 0.15) is 90.9 Å². The quantitative estimate of drug-likeness (QED) is 0.599. The Morgan fingerprint density at radius 1 is 0.857 bits per heavy atom. The summed E-state index contributed by atoms with van der Waals surface area (Å²) in [7, 11) is 0. The number of rotatable bonds is 5. The normalized spacial score (nSPS) is 45.2. The average Bonchev–Trinajstić information content (AvgIpc) is 2.97. The van der Waals surface area contributed by atoms with Crippen molar-refractivity contribution in [2.24, 2.45) is 46.3 Å².